The molecule has 26 heavy (non-hydrogen) atoms. The molecule has 0 aliphatic rings. The van der Waals surface area contributed by atoms with Crippen LogP contribution in [0, 0.1) is 19.7 Å². The summed E-state index contributed by atoms with van der Waals surface area (Å²) < 4.78 is 13.1. The third-order valence-electron chi connectivity index (χ3n) is 4.59. The van der Waals surface area contributed by atoms with E-state index >= 15 is 0 Å². The highest BCUT2D eigenvalue weighted by molar-refractivity contribution is 5.82. The van der Waals surface area contributed by atoms with E-state index in [-0.39, 0.29) is 11.2 Å². The number of aromatic nitrogens is 1. The van der Waals surface area contributed by atoms with Gasteiger partial charge in [0.1, 0.15) is 5.82 Å². The van der Waals surface area contributed by atoms with E-state index in [9.17, 15) is 9.18 Å². The first-order valence-corrected chi connectivity index (χ1v) is 9.06. The van der Waals surface area contributed by atoms with Crippen molar-refractivity contribution in [2.75, 3.05) is 6.54 Å². The first kappa shape index (κ1) is 18.3. The number of fused-ring (bicyclic) bond motifs is 1. The van der Waals surface area contributed by atoms with E-state index < -0.39 is 0 Å². The Kier molecular flexibility index (Phi) is 5.52. The number of rotatable bonds is 6. The van der Waals surface area contributed by atoms with Gasteiger partial charge in [0.05, 0.1) is 5.52 Å². The number of aryl methyl sites for hydroxylation is 2. The number of nitrogens with one attached hydrogen (secondary N) is 1. The summed E-state index contributed by atoms with van der Waals surface area (Å²) in [6.45, 7) is 8.45. The maximum atomic E-state index is 13.1. The van der Waals surface area contributed by atoms with Gasteiger partial charge in [-0.2, -0.15) is 0 Å². The molecular formula is C22H25FN2O. The number of hydrogen-bond donors (Lipinski definition) is 1. The molecule has 1 heterocycles. The largest absolute Gasteiger partial charge is 0.357 e. The second-order valence-corrected chi connectivity index (χ2v) is 7.00. The zero-order chi connectivity index (χ0) is 18.7. The van der Waals surface area contributed by atoms with E-state index in [0.29, 0.717) is 6.54 Å². The minimum Gasteiger partial charge on any atom is -0.357 e. The molecule has 0 fully saturated rings. The molecule has 0 unspecified atom stereocenters. The molecule has 0 radical (unpaired) electrons. The number of halogens is 1. The molecule has 0 saturated carbocycles. The topological polar surface area (TPSA) is 36.1 Å². The van der Waals surface area contributed by atoms with E-state index in [0.717, 1.165) is 52.8 Å². The zero-order valence-corrected chi connectivity index (χ0v) is 15.6. The lowest BCUT2D eigenvalue weighted by molar-refractivity contribution is 0.254. The Morgan fingerprint density at radius 2 is 1.77 bits per heavy atom. The highest BCUT2D eigenvalue weighted by Crippen LogP contribution is 2.17. The highest BCUT2D eigenvalue weighted by Gasteiger charge is 2.10. The molecule has 0 bridgehead atoms. The van der Waals surface area contributed by atoms with Crippen molar-refractivity contribution < 1.29 is 4.39 Å². The Labute approximate surface area is 153 Å². The molecule has 0 atom stereocenters. The summed E-state index contributed by atoms with van der Waals surface area (Å²) in [5, 5.41) is 0.742. The number of nitrogens with zero attached hydrogens (tertiary/aromatic N) is 1. The number of H-pyrrole nitrogens is 1. The second kappa shape index (κ2) is 7.83. The van der Waals surface area contributed by atoms with Gasteiger partial charge in [0.25, 0.3) is 0 Å². The minimum atomic E-state index is -0.222. The van der Waals surface area contributed by atoms with Crippen LogP contribution in [-0.4, -0.2) is 16.4 Å². The molecule has 0 spiro atoms. The average Bonchev–Trinajstić information content (AvgIpc) is 2.58. The van der Waals surface area contributed by atoms with Crippen LogP contribution in [0.4, 0.5) is 4.39 Å². The van der Waals surface area contributed by atoms with Crippen molar-refractivity contribution in [2.45, 2.75) is 40.3 Å². The lowest BCUT2D eigenvalue weighted by Gasteiger charge is -2.22. The summed E-state index contributed by atoms with van der Waals surface area (Å²) in [6, 6.07) is 12.3. The predicted molar refractivity (Wildman–Crippen MR) is 105 cm³/mol. The van der Waals surface area contributed by atoms with E-state index in [4.69, 9.17) is 0 Å². The molecule has 136 valence electrons. The fourth-order valence-corrected chi connectivity index (χ4v) is 3.46. The molecule has 1 aromatic heterocycles. The highest BCUT2D eigenvalue weighted by atomic mass is 19.1. The Balaban J connectivity index is 1.89. The molecular weight excluding hydrogens is 327 g/mol. The summed E-state index contributed by atoms with van der Waals surface area (Å²) in [6.07, 6.45) is 1.01. The Hall–Kier alpha value is -2.46. The fraction of sp³-hybridized carbons (Fsp3) is 0.318. The van der Waals surface area contributed by atoms with Crippen LogP contribution in [-0.2, 0) is 13.1 Å². The van der Waals surface area contributed by atoms with Crippen LogP contribution in [0.2, 0.25) is 0 Å². The van der Waals surface area contributed by atoms with Crippen molar-refractivity contribution in [2.24, 2.45) is 0 Å². The van der Waals surface area contributed by atoms with Gasteiger partial charge < -0.3 is 4.98 Å². The van der Waals surface area contributed by atoms with Gasteiger partial charge in [0.15, 0.2) is 5.43 Å². The van der Waals surface area contributed by atoms with Crippen molar-refractivity contribution in [3.63, 3.8) is 0 Å². The first-order chi connectivity index (χ1) is 12.5. The Morgan fingerprint density at radius 1 is 1.04 bits per heavy atom. The molecule has 1 N–H and O–H groups in total. The van der Waals surface area contributed by atoms with Crippen molar-refractivity contribution in [3.05, 3.63) is 80.9 Å². The summed E-state index contributed by atoms with van der Waals surface area (Å²) in [7, 11) is 0. The van der Waals surface area contributed by atoms with Gasteiger partial charge >= 0.3 is 0 Å². The van der Waals surface area contributed by atoms with Crippen LogP contribution >= 0.6 is 0 Å². The van der Waals surface area contributed by atoms with E-state index in [1.54, 1.807) is 6.07 Å². The Bertz CT molecular complexity index is 960. The molecule has 3 rings (SSSR count). The van der Waals surface area contributed by atoms with E-state index in [1.165, 1.54) is 12.1 Å². The van der Waals surface area contributed by atoms with Crippen molar-refractivity contribution in [1.82, 2.24) is 9.88 Å². The molecule has 0 aliphatic heterocycles. The molecule has 3 nitrogen and oxygen atoms in total. The third-order valence-corrected chi connectivity index (χ3v) is 4.59. The van der Waals surface area contributed by atoms with Gasteiger partial charge in [-0.3, -0.25) is 9.69 Å². The number of hydrogen-bond acceptors (Lipinski definition) is 2. The molecule has 4 heteroatoms. The van der Waals surface area contributed by atoms with Gasteiger partial charge in [0, 0.05) is 30.2 Å². The third kappa shape index (κ3) is 4.20. The van der Waals surface area contributed by atoms with Gasteiger partial charge in [-0.05, 0) is 61.7 Å². The maximum Gasteiger partial charge on any atom is 0.189 e. The predicted octanol–water partition coefficient (Wildman–Crippen LogP) is 4.70. The fourth-order valence-electron chi connectivity index (χ4n) is 3.46. The number of benzene rings is 2. The second-order valence-electron chi connectivity index (χ2n) is 7.00. The normalized spacial score (nSPS) is 11.4. The van der Waals surface area contributed by atoms with Gasteiger partial charge in [0.2, 0.25) is 0 Å². The summed E-state index contributed by atoms with van der Waals surface area (Å²) in [5.41, 5.74) is 5.12. The summed E-state index contributed by atoms with van der Waals surface area (Å²) in [4.78, 5) is 18.3. The maximum absolute atomic E-state index is 13.1. The van der Waals surface area contributed by atoms with Crippen molar-refractivity contribution in [1.29, 1.82) is 0 Å². The SMILES string of the molecule is CCCN(Cc1ccc(F)cc1)Cc1cc(=O)c2cc(C)cc(C)c2[nH]1. The minimum absolute atomic E-state index is 0.0544. The molecule has 2 aromatic carbocycles. The van der Waals surface area contributed by atoms with Crippen molar-refractivity contribution in [3.8, 4) is 0 Å². The van der Waals surface area contributed by atoms with Crippen LogP contribution in [0.3, 0.4) is 0 Å². The zero-order valence-electron chi connectivity index (χ0n) is 15.6. The van der Waals surface area contributed by atoms with Gasteiger partial charge in [-0.15, -0.1) is 0 Å². The summed E-state index contributed by atoms with van der Waals surface area (Å²) in [5.74, 6) is -0.222. The van der Waals surface area contributed by atoms with Gasteiger partial charge in [-0.1, -0.05) is 25.1 Å². The first-order valence-electron chi connectivity index (χ1n) is 9.06. The molecule has 3 aromatic rings. The van der Waals surface area contributed by atoms with Crippen LogP contribution in [0.5, 0.6) is 0 Å². The van der Waals surface area contributed by atoms with Gasteiger partial charge in [-0.25, -0.2) is 4.39 Å². The van der Waals surface area contributed by atoms with Crippen LogP contribution in [0.15, 0.2) is 47.3 Å². The molecule has 0 amide bonds. The van der Waals surface area contributed by atoms with E-state index in [1.807, 2.05) is 32.0 Å². The monoisotopic (exact) mass is 352 g/mol. The molecule has 0 aliphatic carbocycles. The van der Waals surface area contributed by atoms with Crippen LogP contribution in [0.25, 0.3) is 10.9 Å². The van der Waals surface area contributed by atoms with Crippen molar-refractivity contribution >= 4 is 10.9 Å². The lowest BCUT2D eigenvalue weighted by atomic mass is 10.1. The number of aromatic amines is 1. The quantitative estimate of drug-likeness (QED) is 0.698. The van der Waals surface area contributed by atoms with Crippen LogP contribution < -0.4 is 5.43 Å². The number of pyridine rings is 1. The lowest BCUT2D eigenvalue weighted by Crippen LogP contribution is -2.25. The average molecular weight is 352 g/mol. The summed E-state index contributed by atoms with van der Waals surface area (Å²) >= 11 is 0. The molecule has 0 saturated heterocycles. The van der Waals surface area contributed by atoms with E-state index in [2.05, 4.69) is 22.9 Å². The standard InChI is InChI=1S/C22H25FN2O/c1-4-9-25(13-17-5-7-18(23)8-6-17)14-19-12-21(26)20-11-15(2)10-16(3)22(20)24-19/h5-8,10-12H,4,9,13-14H2,1-3H3,(H,24,26). The van der Waals surface area contributed by atoms with Crippen LogP contribution in [0.1, 0.15) is 35.7 Å². The smallest absolute Gasteiger partial charge is 0.189 e. The Morgan fingerprint density at radius 3 is 2.46 bits per heavy atom.